The van der Waals surface area contributed by atoms with E-state index in [1.165, 1.54) is 12.1 Å². The van der Waals surface area contributed by atoms with Crippen LogP contribution in [0.3, 0.4) is 0 Å². The standard InChI is InChI=1S/C19H18F3N5O/c1-26-11-23-8-14(26)9-27-7-6-16-15(10-27)18(28)25-17(24-16)12-2-4-13(5-3-12)19(20,21)22/h2-5,8,11H,6-7,9-10H2,1H3,(H,24,25,28). The zero-order valence-corrected chi connectivity index (χ0v) is 15.1. The van der Waals surface area contributed by atoms with E-state index in [9.17, 15) is 18.0 Å². The number of benzene rings is 1. The van der Waals surface area contributed by atoms with Gasteiger partial charge in [0.15, 0.2) is 0 Å². The molecule has 3 heterocycles. The molecule has 0 bridgehead atoms. The summed E-state index contributed by atoms with van der Waals surface area (Å²) in [5, 5.41) is 0. The Morgan fingerprint density at radius 3 is 2.61 bits per heavy atom. The fourth-order valence-corrected chi connectivity index (χ4v) is 3.34. The Labute approximate surface area is 158 Å². The first-order valence-electron chi connectivity index (χ1n) is 8.78. The molecule has 146 valence electrons. The van der Waals surface area contributed by atoms with Gasteiger partial charge >= 0.3 is 6.18 Å². The van der Waals surface area contributed by atoms with Crippen molar-refractivity contribution >= 4 is 0 Å². The summed E-state index contributed by atoms with van der Waals surface area (Å²) in [6.07, 6.45) is -0.263. The third-order valence-electron chi connectivity index (χ3n) is 4.94. The van der Waals surface area contributed by atoms with Crippen LogP contribution < -0.4 is 5.56 Å². The van der Waals surface area contributed by atoms with Gasteiger partial charge in [-0.25, -0.2) is 9.97 Å². The molecular weight excluding hydrogens is 371 g/mol. The van der Waals surface area contributed by atoms with Crippen LogP contribution in [0.15, 0.2) is 41.6 Å². The zero-order valence-electron chi connectivity index (χ0n) is 15.1. The van der Waals surface area contributed by atoms with Gasteiger partial charge in [0.25, 0.3) is 5.56 Å². The van der Waals surface area contributed by atoms with Gasteiger partial charge in [0.2, 0.25) is 0 Å². The van der Waals surface area contributed by atoms with Crippen LogP contribution >= 0.6 is 0 Å². The minimum Gasteiger partial charge on any atom is -0.337 e. The number of H-pyrrole nitrogens is 1. The number of aromatic nitrogens is 4. The summed E-state index contributed by atoms with van der Waals surface area (Å²) >= 11 is 0. The molecule has 1 aliphatic rings. The van der Waals surface area contributed by atoms with Crippen molar-refractivity contribution < 1.29 is 13.2 Å². The predicted octanol–water partition coefficient (Wildman–Crippen LogP) is 2.75. The first-order valence-corrected chi connectivity index (χ1v) is 8.78. The van der Waals surface area contributed by atoms with Crippen molar-refractivity contribution in [2.24, 2.45) is 7.05 Å². The van der Waals surface area contributed by atoms with Crippen LogP contribution in [0.4, 0.5) is 13.2 Å². The second-order valence-electron chi connectivity index (χ2n) is 6.87. The lowest BCUT2D eigenvalue weighted by Crippen LogP contribution is -2.35. The highest BCUT2D eigenvalue weighted by atomic mass is 19.4. The maximum absolute atomic E-state index is 12.7. The van der Waals surface area contributed by atoms with Crippen LogP contribution in [0, 0.1) is 0 Å². The maximum atomic E-state index is 12.7. The first kappa shape index (κ1) is 18.4. The number of aryl methyl sites for hydroxylation is 1. The van der Waals surface area contributed by atoms with Crippen molar-refractivity contribution in [3.05, 3.63) is 69.7 Å². The molecule has 1 N–H and O–H groups in total. The first-order chi connectivity index (χ1) is 13.3. The van der Waals surface area contributed by atoms with E-state index in [4.69, 9.17) is 0 Å². The number of rotatable bonds is 3. The smallest absolute Gasteiger partial charge is 0.337 e. The molecule has 28 heavy (non-hydrogen) atoms. The van der Waals surface area contributed by atoms with Crippen molar-refractivity contribution in [3.63, 3.8) is 0 Å². The number of fused-ring (bicyclic) bond motifs is 1. The Morgan fingerprint density at radius 2 is 1.96 bits per heavy atom. The Bertz CT molecular complexity index is 1050. The molecule has 4 rings (SSSR count). The number of imidazole rings is 1. The average molecular weight is 389 g/mol. The Balaban J connectivity index is 1.58. The number of hydrogen-bond donors (Lipinski definition) is 1. The van der Waals surface area contributed by atoms with Gasteiger partial charge in [-0.2, -0.15) is 13.2 Å². The van der Waals surface area contributed by atoms with E-state index in [0.29, 0.717) is 36.3 Å². The molecule has 0 saturated carbocycles. The van der Waals surface area contributed by atoms with Crippen molar-refractivity contribution in [2.75, 3.05) is 6.54 Å². The molecular formula is C19H18F3N5O. The Morgan fingerprint density at radius 1 is 1.21 bits per heavy atom. The summed E-state index contributed by atoms with van der Waals surface area (Å²) in [5.41, 5.74) is 1.81. The molecule has 9 heteroatoms. The maximum Gasteiger partial charge on any atom is 0.416 e. The summed E-state index contributed by atoms with van der Waals surface area (Å²) in [6, 6.07) is 4.63. The van der Waals surface area contributed by atoms with Gasteiger partial charge in [-0.1, -0.05) is 12.1 Å². The van der Waals surface area contributed by atoms with Gasteiger partial charge in [0.1, 0.15) is 5.82 Å². The van der Waals surface area contributed by atoms with Crippen LogP contribution in [0.2, 0.25) is 0 Å². The molecule has 0 unspecified atom stereocenters. The minimum absolute atomic E-state index is 0.255. The predicted molar refractivity (Wildman–Crippen MR) is 96.3 cm³/mol. The SMILES string of the molecule is Cn1cncc1CN1CCc2nc(-c3ccc(C(F)(F)F)cc3)[nH]c(=O)c2C1. The summed E-state index contributed by atoms with van der Waals surface area (Å²) in [5.74, 6) is 0.289. The van der Waals surface area contributed by atoms with Gasteiger partial charge in [-0.15, -0.1) is 0 Å². The van der Waals surface area contributed by atoms with E-state index in [-0.39, 0.29) is 11.4 Å². The van der Waals surface area contributed by atoms with Gasteiger partial charge in [-0.05, 0) is 12.1 Å². The zero-order chi connectivity index (χ0) is 19.9. The number of aromatic amines is 1. The summed E-state index contributed by atoms with van der Waals surface area (Å²) in [7, 11) is 1.92. The van der Waals surface area contributed by atoms with Gasteiger partial charge in [0.05, 0.1) is 28.8 Å². The lowest BCUT2D eigenvalue weighted by Gasteiger charge is -2.27. The van der Waals surface area contributed by atoms with E-state index in [1.54, 1.807) is 12.5 Å². The number of halogens is 3. The summed E-state index contributed by atoms with van der Waals surface area (Å²) in [4.78, 5) is 26.0. The normalized spacial score (nSPS) is 14.9. The van der Waals surface area contributed by atoms with Crippen LogP contribution in [-0.4, -0.2) is 31.0 Å². The molecule has 1 aromatic carbocycles. The largest absolute Gasteiger partial charge is 0.416 e. The molecule has 2 aromatic heterocycles. The summed E-state index contributed by atoms with van der Waals surface area (Å²) < 4.78 is 40.1. The number of alkyl halides is 3. The van der Waals surface area contributed by atoms with Crippen LogP contribution in [-0.2, 0) is 32.7 Å². The van der Waals surface area contributed by atoms with Crippen molar-refractivity contribution in [1.82, 2.24) is 24.4 Å². The van der Waals surface area contributed by atoms with Crippen LogP contribution in [0.25, 0.3) is 11.4 Å². The lowest BCUT2D eigenvalue weighted by molar-refractivity contribution is -0.137. The molecule has 0 spiro atoms. The fourth-order valence-electron chi connectivity index (χ4n) is 3.34. The monoisotopic (exact) mass is 389 g/mol. The molecule has 0 aliphatic carbocycles. The van der Waals surface area contributed by atoms with Crippen molar-refractivity contribution in [2.45, 2.75) is 25.7 Å². The van der Waals surface area contributed by atoms with Gasteiger partial charge < -0.3 is 9.55 Å². The molecule has 0 atom stereocenters. The number of nitrogens with one attached hydrogen (secondary N) is 1. The molecule has 0 fully saturated rings. The van der Waals surface area contributed by atoms with Crippen molar-refractivity contribution in [1.29, 1.82) is 0 Å². The number of nitrogens with zero attached hydrogens (tertiary/aromatic N) is 4. The lowest BCUT2D eigenvalue weighted by atomic mass is 10.1. The second-order valence-corrected chi connectivity index (χ2v) is 6.87. The van der Waals surface area contributed by atoms with Crippen LogP contribution in [0.1, 0.15) is 22.5 Å². The molecule has 0 radical (unpaired) electrons. The van der Waals surface area contributed by atoms with E-state index in [2.05, 4.69) is 19.9 Å². The van der Waals surface area contributed by atoms with E-state index in [1.807, 2.05) is 11.6 Å². The van der Waals surface area contributed by atoms with E-state index < -0.39 is 11.7 Å². The summed E-state index contributed by atoms with van der Waals surface area (Å²) in [6.45, 7) is 1.88. The fraction of sp³-hybridized carbons (Fsp3) is 0.316. The van der Waals surface area contributed by atoms with Gasteiger partial charge in [0, 0.05) is 44.9 Å². The second kappa shape index (κ2) is 6.90. The topological polar surface area (TPSA) is 66.8 Å². The van der Waals surface area contributed by atoms with E-state index >= 15 is 0 Å². The molecule has 3 aromatic rings. The highest BCUT2D eigenvalue weighted by Gasteiger charge is 2.30. The molecule has 6 nitrogen and oxygen atoms in total. The molecule has 1 aliphatic heterocycles. The average Bonchev–Trinajstić information content (AvgIpc) is 3.06. The quantitative estimate of drug-likeness (QED) is 0.748. The highest BCUT2D eigenvalue weighted by molar-refractivity contribution is 5.56. The Hall–Kier alpha value is -2.94. The minimum atomic E-state index is -4.40. The third kappa shape index (κ3) is 3.57. The molecule has 0 amide bonds. The highest BCUT2D eigenvalue weighted by Crippen LogP contribution is 2.30. The number of hydrogen-bond acceptors (Lipinski definition) is 4. The Kier molecular flexibility index (Phi) is 4.54. The van der Waals surface area contributed by atoms with Gasteiger partial charge in [-0.3, -0.25) is 9.69 Å². The van der Waals surface area contributed by atoms with Crippen LogP contribution in [0.5, 0.6) is 0 Å². The van der Waals surface area contributed by atoms with E-state index in [0.717, 1.165) is 24.4 Å². The van der Waals surface area contributed by atoms with Crippen molar-refractivity contribution in [3.8, 4) is 11.4 Å². The third-order valence-corrected chi connectivity index (χ3v) is 4.94. The molecule has 0 saturated heterocycles.